The highest BCUT2D eigenvalue weighted by atomic mass is 16.1. The molecule has 1 aliphatic rings. The molecule has 0 spiro atoms. The van der Waals surface area contributed by atoms with Gasteiger partial charge in [-0.3, -0.25) is 4.79 Å². The van der Waals surface area contributed by atoms with Gasteiger partial charge in [-0.05, 0) is 37.4 Å². The molecule has 0 amide bonds. The van der Waals surface area contributed by atoms with Crippen LogP contribution >= 0.6 is 0 Å². The summed E-state index contributed by atoms with van der Waals surface area (Å²) in [6.07, 6.45) is 4.66. The van der Waals surface area contributed by atoms with Gasteiger partial charge in [-0.25, -0.2) is 0 Å². The van der Waals surface area contributed by atoms with Gasteiger partial charge >= 0.3 is 0 Å². The van der Waals surface area contributed by atoms with E-state index in [0.29, 0.717) is 0 Å². The summed E-state index contributed by atoms with van der Waals surface area (Å²) in [5, 5.41) is 4.28. The molecule has 1 saturated carbocycles. The van der Waals surface area contributed by atoms with Gasteiger partial charge < -0.3 is 9.88 Å². The van der Waals surface area contributed by atoms with Crippen LogP contribution in [0.15, 0.2) is 41.3 Å². The molecular weight excluding hydrogens is 224 g/mol. The molecule has 3 nitrogen and oxygen atoms in total. The van der Waals surface area contributed by atoms with E-state index in [4.69, 9.17) is 0 Å². The molecule has 0 atom stereocenters. The first-order valence-corrected chi connectivity index (χ1v) is 6.63. The summed E-state index contributed by atoms with van der Waals surface area (Å²) < 4.78 is 2.15. The number of nitrogens with zero attached hydrogens (tertiary/aromatic N) is 1. The summed E-state index contributed by atoms with van der Waals surface area (Å²) in [5.74, 6) is 0.913. The quantitative estimate of drug-likeness (QED) is 0.814. The van der Waals surface area contributed by atoms with Crippen molar-refractivity contribution < 1.29 is 0 Å². The van der Waals surface area contributed by atoms with Crippen LogP contribution in [-0.2, 0) is 6.54 Å². The van der Waals surface area contributed by atoms with Crippen LogP contribution in [0.3, 0.4) is 0 Å². The zero-order valence-corrected chi connectivity index (χ0v) is 10.4. The normalized spacial score (nSPS) is 15.1. The van der Waals surface area contributed by atoms with Crippen molar-refractivity contribution in [2.45, 2.75) is 19.4 Å². The number of fused-ring (bicyclic) bond motifs is 1. The Morgan fingerprint density at radius 3 is 2.89 bits per heavy atom. The molecule has 1 fully saturated rings. The van der Waals surface area contributed by atoms with E-state index in [0.717, 1.165) is 36.5 Å². The average molecular weight is 242 g/mol. The van der Waals surface area contributed by atoms with Crippen molar-refractivity contribution in [3.63, 3.8) is 0 Å². The molecule has 0 radical (unpaired) electrons. The van der Waals surface area contributed by atoms with Crippen LogP contribution in [0.4, 0.5) is 0 Å². The summed E-state index contributed by atoms with van der Waals surface area (Å²) in [7, 11) is 0. The van der Waals surface area contributed by atoms with E-state index in [2.05, 4.69) is 9.88 Å². The Balaban J connectivity index is 1.74. The van der Waals surface area contributed by atoms with E-state index in [1.54, 1.807) is 6.07 Å². The molecule has 18 heavy (non-hydrogen) atoms. The molecular formula is C15H18N2O. The Bertz CT molecular complexity index is 599. The molecule has 0 unspecified atom stereocenters. The summed E-state index contributed by atoms with van der Waals surface area (Å²) in [6, 6.07) is 9.46. The van der Waals surface area contributed by atoms with Crippen molar-refractivity contribution >= 4 is 10.9 Å². The number of benzene rings is 1. The summed E-state index contributed by atoms with van der Waals surface area (Å²) in [6.45, 7) is 3.01. The van der Waals surface area contributed by atoms with Crippen molar-refractivity contribution in [3.8, 4) is 0 Å². The van der Waals surface area contributed by atoms with Crippen LogP contribution in [0.2, 0.25) is 0 Å². The second kappa shape index (κ2) is 4.94. The monoisotopic (exact) mass is 242 g/mol. The Morgan fingerprint density at radius 1 is 1.22 bits per heavy atom. The Hall–Kier alpha value is -1.61. The third-order valence-corrected chi connectivity index (χ3v) is 3.54. The minimum Gasteiger partial charge on any atom is -0.346 e. The Kier molecular flexibility index (Phi) is 3.15. The zero-order chi connectivity index (χ0) is 12.4. The van der Waals surface area contributed by atoms with Crippen molar-refractivity contribution in [2.24, 2.45) is 5.92 Å². The van der Waals surface area contributed by atoms with Crippen LogP contribution in [-0.4, -0.2) is 17.7 Å². The predicted molar refractivity (Wildman–Crippen MR) is 73.8 cm³/mol. The van der Waals surface area contributed by atoms with Crippen LogP contribution in [0.5, 0.6) is 0 Å². The largest absolute Gasteiger partial charge is 0.346 e. The summed E-state index contributed by atoms with van der Waals surface area (Å²) in [5.41, 5.74) is 1.13. The number of para-hydroxylation sites is 1. The minimum absolute atomic E-state index is 0.104. The minimum atomic E-state index is 0.104. The molecule has 0 bridgehead atoms. The average Bonchev–Trinajstić information content (AvgIpc) is 3.21. The maximum absolute atomic E-state index is 11.7. The Morgan fingerprint density at radius 2 is 2.06 bits per heavy atom. The third kappa shape index (κ3) is 2.46. The molecule has 2 aromatic rings. The van der Waals surface area contributed by atoms with Crippen molar-refractivity contribution in [3.05, 3.63) is 46.8 Å². The van der Waals surface area contributed by atoms with Gasteiger partial charge in [0.2, 0.25) is 0 Å². The Labute approximate surface area is 106 Å². The first-order chi connectivity index (χ1) is 8.84. The van der Waals surface area contributed by atoms with Gasteiger partial charge in [0, 0.05) is 30.7 Å². The van der Waals surface area contributed by atoms with Gasteiger partial charge in [0.15, 0.2) is 5.43 Å². The number of rotatable bonds is 5. The zero-order valence-electron chi connectivity index (χ0n) is 10.4. The van der Waals surface area contributed by atoms with Crippen molar-refractivity contribution in [1.29, 1.82) is 0 Å². The molecule has 94 valence electrons. The molecule has 1 N–H and O–H groups in total. The highest BCUT2D eigenvalue weighted by molar-refractivity contribution is 5.78. The molecule has 3 heteroatoms. The first-order valence-electron chi connectivity index (χ1n) is 6.63. The molecule has 0 saturated heterocycles. The lowest BCUT2D eigenvalue weighted by Gasteiger charge is -2.11. The van der Waals surface area contributed by atoms with E-state index in [1.807, 2.05) is 30.5 Å². The smallest absolute Gasteiger partial charge is 0.189 e. The fourth-order valence-electron chi connectivity index (χ4n) is 2.28. The van der Waals surface area contributed by atoms with Crippen LogP contribution < -0.4 is 10.7 Å². The van der Waals surface area contributed by atoms with Crippen molar-refractivity contribution in [2.75, 3.05) is 13.1 Å². The van der Waals surface area contributed by atoms with E-state index >= 15 is 0 Å². The van der Waals surface area contributed by atoms with Crippen LogP contribution in [0.25, 0.3) is 10.9 Å². The predicted octanol–water partition coefficient (Wildman–Crippen LogP) is 2.00. The van der Waals surface area contributed by atoms with E-state index in [-0.39, 0.29) is 5.43 Å². The first kappa shape index (κ1) is 11.5. The standard InChI is InChI=1S/C15H18N2O/c18-15-7-9-17(10-8-16-11-12-5-6-12)14-4-2-1-3-13(14)15/h1-4,7,9,12,16H,5-6,8,10-11H2. The lowest BCUT2D eigenvalue weighted by molar-refractivity contribution is 0.583. The van der Waals surface area contributed by atoms with E-state index in [9.17, 15) is 4.79 Å². The van der Waals surface area contributed by atoms with Crippen LogP contribution in [0, 0.1) is 5.92 Å². The molecule has 0 aliphatic heterocycles. The number of hydrogen-bond acceptors (Lipinski definition) is 2. The second-order valence-corrected chi connectivity index (χ2v) is 5.04. The van der Waals surface area contributed by atoms with Gasteiger partial charge in [0.05, 0.1) is 5.52 Å². The second-order valence-electron chi connectivity index (χ2n) is 5.04. The van der Waals surface area contributed by atoms with Gasteiger partial charge in [0.25, 0.3) is 0 Å². The van der Waals surface area contributed by atoms with Gasteiger partial charge in [0.1, 0.15) is 0 Å². The lowest BCUT2D eigenvalue weighted by atomic mass is 10.2. The molecule has 1 heterocycles. The molecule has 1 aromatic heterocycles. The van der Waals surface area contributed by atoms with Gasteiger partial charge in [-0.1, -0.05) is 12.1 Å². The maximum atomic E-state index is 11.7. The lowest BCUT2D eigenvalue weighted by Crippen LogP contribution is -2.22. The van der Waals surface area contributed by atoms with Crippen LogP contribution in [0.1, 0.15) is 12.8 Å². The fourth-order valence-corrected chi connectivity index (χ4v) is 2.28. The fraction of sp³-hybridized carbons (Fsp3) is 0.400. The molecule has 3 rings (SSSR count). The summed E-state index contributed by atoms with van der Waals surface area (Å²) in [4.78, 5) is 11.7. The van der Waals surface area contributed by atoms with E-state index in [1.165, 1.54) is 12.8 Å². The molecule has 1 aromatic carbocycles. The number of nitrogens with one attached hydrogen (secondary N) is 1. The highest BCUT2D eigenvalue weighted by Gasteiger charge is 2.19. The highest BCUT2D eigenvalue weighted by Crippen LogP contribution is 2.27. The number of aromatic nitrogens is 1. The van der Waals surface area contributed by atoms with Crippen molar-refractivity contribution in [1.82, 2.24) is 9.88 Å². The number of pyridine rings is 1. The number of hydrogen-bond donors (Lipinski definition) is 1. The third-order valence-electron chi connectivity index (χ3n) is 3.54. The topological polar surface area (TPSA) is 34.0 Å². The van der Waals surface area contributed by atoms with E-state index < -0.39 is 0 Å². The SMILES string of the molecule is O=c1ccn(CCNCC2CC2)c2ccccc12. The van der Waals surface area contributed by atoms with Gasteiger partial charge in [-0.15, -0.1) is 0 Å². The molecule has 1 aliphatic carbocycles. The maximum Gasteiger partial charge on any atom is 0.189 e. The summed E-state index contributed by atoms with van der Waals surface area (Å²) >= 11 is 0. The van der Waals surface area contributed by atoms with Gasteiger partial charge in [-0.2, -0.15) is 0 Å².